The van der Waals surface area contributed by atoms with Crippen LogP contribution in [-0.2, 0) is 11.3 Å². The first-order valence-electron chi connectivity index (χ1n) is 10.4. The van der Waals surface area contributed by atoms with Gasteiger partial charge in [0.05, 0.1) is 11.6 Å². The standard InChI is InChI=1S/C24H25FN4O2/c1-17-7-9-18(10-8-17)15-26-24(31)19-4-3-13-28(16-19)22-11-12-23(30)29(27-22)21-6-2-5-20(25)14-21/h2,5-12,14,19H,3-4,13,15-16H2,1H3,(H,26,31). The summed E-state index contributed by atoms with van der Waals surface area (Å²) in [6.45, 7) is 3.80. The van der Waals surface area contributed by atoms with E-state index in [0.29, 0.717) is 24.6 Å². The van der Waals surface area contributed by atoms with E-state index >= 15 is 0 Å². The molecule has 3 aromatic rings. The van der Waals surface area contributed by atoms with Crippen molar-refractivity contribution < 1.29 is 9.18 Å². The molecule has 7 heteroatoms. The van der Waals surface area contributed by atoms with E-state index in [0.717, 1.165) is 24.9 Å². The fourth-order valence-corrected chi connectivity index (χ4v) is 3.80. The van der Waals surface area contributed by atoms with Crippen LogP contribution in [0.1, 0.15) is 24.0 Å². The Labute approximate surface area is 180 Å². The van der Waals surface area contributed by atoms with E-state index in [-0.39, 0.29) is 17.4 Å². The molecule has 0 aliphatic carbocycles. The highest BCUT2D eigenvalue weighted by atomic mass is 19.1. The molecule has 1 N–H and O–H groups in total. The molecular weight excluding hydrogens is 395 g/mol. The summed E-state index contributed by atoms with van der Waals surface area (Å²) in [5.41, 5.74) is 2.29. The van der Waals surface area contributed by atoms with Gasteiger partial charge in [0.25, 0.3) is 5.56 Å². The van der Waals surface area contributed by atoms with E-state index in [1.165, 1.54) is 28.4 Å². The number of halogens is 1. The summed E-state index contributed by atoms with van der Waals surface area (Å²) in [6.07, 6.45) is 1.66. The second-order valence-corrected chi connectivity index (χ2v) is 7.91. The van der Waals surface area contributed by atoms with Gasteiger partial charge in [-0.15, -0.1) is 5.10 Å². The van der Waals surface area contributed by atoms with Gasteiger partial charge < -0.3 is 10.2 Å². The Bertz CT molecular complexity index is 1130. The van der Waals surface area contributed by atoms with Crippen molar-refractivity contribution >= 4 is 11.7 Å². The molecule has 0 radical (unpaired) electrons. The average Bonchev–Trinajstić information content (AvgIpc) is 2.79. The van der Waals surface area contributed by atoms with Gasteiger partial charge in [0, 0.05) is 25.7 Å². The molecule has 1 saturated heterocycles. The number of hydrogen-bond acceptors (Lipinski definition) is 4. The Balaban J connectivity index is 1.45. The maximum atomic E-state index is 13.6. The third-order valence-corrected chi connectivity index (χ3v) is 5.54. The molecule has 1 amide bonds. The molecule has 0 spiro atoms. The van der Waals surface area contributed by atoms with Gasteiger partial charge in [0.2, 0.25) is 5.91 Å². The summed E-state index contributed by atoms with van der Waals surface area (Å²) in [5.74, 6) is 0.0269. The zero-order chi connectivity index (χ0) is 21.8. The summed E-state index contributed by atoms with van der Waals surface area (Å²) in [4.78, 5) is 27.0. The number of carbonyl (C=O) groups excluding carboxylic acids is 1. The van der Waals surface area contributed by atoms with Crippen molar-refractivity contribution in [2.45, 2.75) is 26.3 Å². The van der Waals surface area contributed by atoms with Gasteiger partial charge in [0.15, 0.2) is 0 Å². The van der Waals surface area contributed by atoms with Crippen LogP contribution >= 0.6 is 0 Å². The normalized spacial score (nSPS) is 16.2. The van der Waals surface area contributed by atoms with Crippen molar-refractivity contribution in [2.75, 3.05) is 18.0 Å². The number of nitrogens with zero attached hydrogens (tertiary/aromatic N) is 3. The first kappa shape index (κ1) is 20.8. The van der Waals surface area contributed by atoms with E-state index in [4.69, 9.17) is 0 Å². The van der Waals surface area contributed by atoms with Crippen molar-refractivity contribution in [1.82, 2.24) is 15.1 Å². The van der Waals surface area contributed by atoms with Gasteiger partial charge in [-0.05, 0) is 49.6 Å². The van der Waals surface area contributed by atoms with E-state index in [1.54, 1.807) is 18.2 Å². The molecule has 31 heavy (non-hydrogen) atoms. The summed E-state index contributed by atoms with van der Waals surface area (Å²) >= 11 is 0. The van der Waals surface area contributed by atoms with E-state index in [9.17, 15) is 14.0 Å². The Morgan fingerprint density at radius 2 is 1.97 bits per heavy atom. The predicted octanol–water partition coefficient (Wildman–Crippen LogP) is 3.21. The highest BCUT2D eigenvalue weighted by Crippen LogP contribution is 2.22. The number of aromatic nitrogens is 2. The zero-order valence-electron chi connectivity index (χ0n) is 17.4. The minimum Gasteiger partial charge on any atom is -0.354 e. The Hall–Kier alpha value is -3.48. The molecule has 1 atom stereocenters. The van der Waals surface area contributed by atoms with E-state index in [1.807, 2.05) is 36.1 Å². The molecule has 1 fully saturated rings. The van der Waals surface area contributed by atoms with Crippen LogP contribution in [-0.4, -0.2) is 28.8 Å². The lowest BCUT2D eigenvalue weighted by Crippen LogP contribution is -2.43. The third kappa shape index (κ3) is 4.99. The molecule has 2 aromatic carbocycles. The Morgan fingerprint density at radius 3 is 2.74 bits per heavy atom. The summed E-state index contributed by atoms with van der Waals surface area (Å²) in [7, 11) is 0. The molecule has 1 aliphatic rings. The number of aryl methyl sites for hydroxylation is 1. The average molecular weight is 420 g/mol. The van der Waals surface area contributed by atoms with Crippen molar-refractivity contribution in [3.8, 4) is 5.69 Å². The number of amides is 1. The molecule has 1 aliphatic heterocycles. The number of benzene rings is 2. The second kappa shape index (κ2) is 9.12. The fourth-order valence-electron chi connectivity index (χ4n) is 3.80. The molecule has 0 bridgehead atoms. The number of rotatable bonds is 5. The van der Waals surface area contributed by atoms with Crippen molar-refractivity contribution in [3.05, 3.63) is 88.0 Å². The van der Waals surface area contributed by atoms with Crippen LogP contribution in [0.2, 0.25) is 0 Å². The zero-order valence-corrected chi connectivity index (χ0v) is 17.4. The quantitative estimate of drug-likeness (QED) is 0.688. The van der Waals surface area contributed by atoms with Crippen LogP contribution in [0, 0.1) is 18.7 Å². The Kier molecular flexibility index (Phi) is 6.11. The highest BCUT2D eigenvalue weighted by Gasteiger charge is 2.26. The lowest BCUT2D eigenvalue weighted by atomic mass is 9.97. The van der Waals surface area contributed by atoms with Crippen LogP contribution in [0.5, 0.6) is 0 Å². The number of anilines is 1. The van der Waals surface area contributed by atoms with E-state index < -0.39 is 5.82 Å². The van der Waals surface area contributed by atoms with Crippen LogP contribution in [0.15, 0.2) is 65.5 Å². The van der Waals surface area contributed by atoms with Gasteiger partial charge in [-0.2, -0.15) is 4.68 Å². The summed E-state index contributed by atoms with van der Waals surface area (Å²) < 4.78 is 14.8. The molecule has 4 rings (SSSR count). The molecule has 6 nitrogen and oxygen atoms in total. The lowest BCUT2D eigenvalue weighted by molar-refractivity contribution is -0.125. The molecule has 160 valence electrons. The topological polar surface area (TPSA) is 67.2 Å². The molecule has 2 heterocycles. The second-order valence-electron chi connectivity index (χ2n) is 7.91. The molecule has 1 aromatic heterocycles. The SMILES string of the molecule is Cc1ccc(CNC(=O)C2CCCN(c3ccc(=O)n(-c4cccc(F)c4)n3)C2)cc1. The van der Waals surface area contributed by atoms with Gasteiger partial charge in [-0.3, -0.25) is 9.59 Å². The summed E-state index contributed by atoms with van der Waals surface area (Å²) in [6, 6.07) is 17.0. The van der Waals surface area contributed by atoms with Gasteiger partial charge in [-0.1, -0.05) is 35.9 Å². The van der Waals surface area contributed by atoms with Crippen LogP contribution in [0.25, 0.3) is 5.69 Å². The maximum absolute atomic E-state index is 13.6. The smallest absolute Gasteiger partial charge is 0.271 e. The number of nitrogens with one attached hydrogen (secondary N) is 1. The third-order valence-electron chi connectivity index (χ3n) is 5.54. The highest BCUT2D eigenvalue weighted by molar-refractivity contribution is 5.79. The van der Waals surface area contributed by atoms with Gasteiger partial charge in [-0.25, -0.2) is 4.39 Å². The summed E-state index contributed by atoms with van der Waals surface area (Å²) in [5, 5.41) is 7.46. The fraction of sp³-hybridized carbons (Fsp3) is 0.292. The minimum atomic E-state index is -0.431. The van der Waals surface area contributed by atoms with E-state index in [2.05, 4.69) is 10.4 Å². The minimum absolute atomic E-state index is 0.0173. The molecule has 1 unspecified atom stereocenters. The van der Waals surface area contributed by atoms with Crippen LogP contribution in [0.4, 0.5) is 10.2 Å². The monoisotopic (exact) mass is 420 g/mol. The van der Waals surface area contributed by atoms with Crippen molar-refractivity contribution in [1.29, 1.82) is 0 Å². The van der Waals surface area contributed by atoms with Crippen LogP contribution in [0.3, 0.4) is 0 Å². The predicted molar refractivity (Wildman–Crippen MR) is 118 cm³/mol. The number of piperidine rings is 1. The largest absolute Gasteiger partial charge is 0.354 e. The van der Waals surface area contributed by atoms with Gasteiger partial charge >= 0.3 is 0 Å². The number of carbonyl (C=O) groups is 1. The van der Waals surface area contributed by atoms with Crippen LogP contribution < -0.4 is 15.8 Å². The first-order valence-corrected chi connectivity index (χ1v) is 10.4. The lowest BCUT2D eigenvalue weighted by Gasteiger charge is -2.33. The van der Waals surface area contributed by atoms with Gasteiger partial charge in [0.1, 0.15) is 11.6 Å². The first-order chi connectivity index (χ1) is 15.0. The van der Waals surface area contributed by atoms with Crippen molar-refractivity contribution in [2.24, 2.45) is 5.92 Å². The Morgan fingerprint density at radius 1 is 1.16 bits per heavy atom. The molecular formula is C24H25FN4O2. The number of hydrogen-bond donors (Lipinski definition) is 1. The van der Waals surface area contributed by atoms with Crippen molar-refractivity contribution in [3.63, 3.8) is 0 Å². The maximum Gasteiger partial charge on any atom is 0.271 e. The molecule has 0 saturated carbocycles.